The molecule has 3 heteroatoms. The van der Waals surface area contributed by atoms with Crippen molar-refractivity contribution in [3.63, 3.8) is 0 Å². The van der Waals surface area contributed by atoms with Crippen LogP contribution in [0, 0.1) is 0 Å². The monoisotopic (exact) mass is 154 g/mol. The van der Waals surface area contributed by atoms with Crippen molar-refractivity contribution in [1.82, 2.24) is 0 Å². The van der Waals surface area contributed by atoms with Crippen LogP contribution in [0.25, 0.3) is 0 Å². The van der Waals surface area contributed by atoms with Crippen molar-refractivity contribution in [3.8, 4) is 0 Å². The number of hydrogen-bond acceptors (Lipinski definition) is 2. The summed E-state index contributed by atoms with van der Waals surface area (Å²) in [5, 5.41) is 0. The molecule has 0 saturated carbocycles. The lowest BCUT2D eigenvalue weighted by Crippen LogP contribution is -2.42. The number of halogens is 1. The van der Waals surface area contributed by atoms with Gasteiger partial charge in [0.05, 0.1) is 5.66 Å². The Morgan fingerprint density at radius 2 is 1.17 bits per heavy atom. The van der Waals surface area contributed by atoms with Gasteiger partial charge in [-0.1, -0.05) is 0 Å². The molecule has 0 amide bonds. The van der Waals surface area contributed by atoms with E-state index in [1.165, 1.54) is 0 Å². The minimum absolute atomic E-state index is 0. The van der Waals surface area contributed by atoms with Gasteiger partial charge in [0, 0.05) is 0 Å². The molecule has 2 nitrogen and oxygen atoms in total. The van der Waals surface area contributed by atoms with Gasteiger partial charge in [0.25, 0.3) is 0 Å². The summed E-state index contributed by atoms with van der Waals surface area (Å²) in [5.41, 5.74) is 9.76. The summed E-state index contributed by atoms with van der Waals surface area (Å²) in [6.45, 7) is 3.49. The second-order valence-electron chi connectivity index (χ2n) is 1.82. The fraction of sp³-hybridized carbons (Fsp3) is 1.00. The maximum atomic E-state index is 5.13. The molecule has 0 radical (unpaired) electrons. The largest absolute Gasteiger partial charge is 0.314 e. The Morgan fingerprint density at radius 1 is 1.17 bits per heavy atom. The van der Waals surface area contributed by atoms with Crippen molar-refractivity contribution in [2.45, 2.75) is 19.5 Å². The summed E-state index contributed by atoms with van der Waals surface area (Å²) in [6.07, 6.45) is 0. The van der Waals surface area contributed by atoms with Crippen LogP contribution in [0.3, 0.4) is 0 Å². The summed E-state index contributed by atoms with van der Waals surface area (Å²) in [4.78, 5) is 0. The quantitative estimate of drug-likeness (QED) is 0.491. The molecule has 0 atom stereocenters. The number of hydrogen-bond donors (Lipinski definition) is 2. The van der Waals surface area contributed by atoms with E-state index in [9.17, 15) is 0 Å². The van der Waals surface area contributed by atoms with Gasteiger partial charge in [-0.2, -0.15) is 0 Å². The molecule has 0 heterocycles. The Hall–Kier alpha value is 0.400. The first-order valence-electron chi connectivity index (χ1n) is 1.58. The molecule has 0 unspecified atom stereocenters. The Bertz CT molecular complexity index is 24.3. The zero-order valence-electron chi connectivity index (χ0n) is 4.06. The molecule has 0 rings (SSSR count). The van der Waals surface area contributed by atoms with Crippen molar-refractivity contribution in [1.29, 1.82) is 0 Å². The lowest BCUT2D eigenvalue weighted by molar-refractivity contribution is 0.547. The van der Waals surface area contributed by atoms with E-state index in [2.05, 4.69) is 0 Å². The fourth-order valence-electron chi connectivity index (χ4n) is 0. The SMILES string of the molecule is Br.CC(C)(N)N. The van der Waals surface area contributed by atoms with Crippen molar-refractivity contribution in [2.24, 2.45) is 11.5 Å². The summed E-state index contributed by atoms with van der Waals surface area (Å²) in [6, 6.07) is 0. The topological polar surface area (TPSA) is 52.0 Å². The van der Waals surface area contributed by atoms with Gasteiger partial charge in [-0.05, 0) is 13.8 Å². The molecule has 0 aromatic heterocycles. The minimum atomic E-state index is -0.500. The molecule has 6 heavy (non-hydrogen) atoms. The van der Waals surface area contributed by atoms with Crippen LogP contribution in [-0.2, 0) is 0 Å². The predicted octanol–water partition coefficient (Wildman–Crippen LogP) is 0.218. The molecule has 0 aliphatic heterocycles. The summed E-state index contributed by atoms with van der Waals surface area (Å²) >= 11 is 0. The molecule has 0 aromatic rings. The van der Waals surface area contributed by atoms with Crippen LogP contribution in [0.1, 0.15) is 13.8 Å². The summed E-state index contributed by atoms with van der Waals surface area (Å²) in [5.74, 6) is 0. The molecular formula is C3H11BrN2. The van der Waals surface area contributed by atoms with E-state index in [-0.39, 0.29) is 17.0 Å². The van der Waals surface area contributed by atoms with E-state index in [0.29, 0.717) is 0 Å². The van der Waals surface area contributed by atoms with Gasteiger partial charge in [0.1, 0.15) is 0 Å². The van der Waals surface area contributed by atoms with Crippen LogP contribution in [-0.4, -0.2) is 5.66 Å². The van der Waals surface area contributed by atoms with Crippen molar-refractivity contribution in [2.75, 3.05) is 0 Å². The van der Waals surface area contributed by atoms with Crippen LogP contribution in [0.15, 0.2) is 0 Å². The molecule has 0 aliphatic rings. The highest BCUT2D eigenvalue weighted by Gasteiger charge is 1.95. The van der Waals surface area contributed by atoms with Crippen LogP contribution >= 0.6 is 17.0 Å². The first-order valence-corrected chi connectivity index (χ1v) is 1.58. The van der Waals surface area contributed by atoms with Gasteiger partial charge in [-0.25, -0.2) is 0 Å². The highest BCUT2D eigenvalue weighted by atomic mass is 79.9. The predicted molar refractivity (Wildman–Crippen MR) is 32.8 cm³/mol. The molecule has 0 bridgehead atoms. The standard InChI is InChI=1S/C3H10N2.BrH/c1-3(2,4)5;/h4-5H2,1-2H3;1H. The first kappa shape index (κ1) is 9.64. The van der Waals surface area contributed by atoms with Gasteiger partial charge in [-0.3, -0.25) is 0 Å². The van der Waals surface area contributed by atoms with E-state index < -0.39 is 5.66 Å². The number of rotatable bonds is 0. The van der Waals surface area contributed by atoms with Gasteiger partial charge in [0.15, 0.2) is 0 Å². The Kier molecular flexibility index (Phi) is 4.10. The van der Waals surface area contributed by atoms with E-state index in [1.807, 2.05) is 0 Å². The van der Waals surface area contributed by atoms with E-state index in [1.54, 1.807) is 13.8 Å². The Labute approximate surface area is 48.7 Å². The molecule has 0 fully saturated rings. The summed E-state index contributed by atoms with van der Waals surface area (Å²) < 4.78 is 0. The third kappa shape index (κ3) is 318. The lowest BCUT2D eigenvalue weighted by atomic mass is 10.3. The molecule has 40 valence electrons. The molecule has 4 N–H and O–H groups in total. The van der Waals surface area contributed by atoms with Crippen LogP contribution in [0.2, 0.25) is 0 Å². The summed E-state index contributed by atoms with van der Waals surface area (Å²) in [7, 11) is 0. The third-order valence-corrected chi connectivity index (χ3v) is 0. The van der Waals surface area contributed by atoms with E-state index in [0.717, 1.165) is 0 Å². The normalized spacial score (nSPS) is 10.0. The number of nitrogens with two attached hydrogens (primary N) is 2. The first-order chi connectivity index (χ1) is 2.00. The Morgan fingerprint density at radius 3 is 1.17 bits per heavy atom. The van der Waals surface area contributed by atoms with Crippen LogP contribution in [0.4, 0.5) is 0 Å². The highest BCUT2D eigenvalue weighted by Crippen LogP contribution is 1.76. The van der Waals surface area contributed by atoms with Crippen molar-refractivity contribution < 1.29 is 0 Å². The van der Waals surface area contributed by atoms with Crippen molar-refractivity contribution >= 4 is 17.0 Å². The maximum Gasteiger partial charge on any atom is 0.0578 e. The third-order valence-electron chi connectivity index (χ3n) is 0. The van der Waals surface area contributed by atoms with Crippen LogP contribution < -0.4 is 11.5 Å². The molecule has 0 spiro atoms. The zero-order valence-corrected chi connectivity index (χ0v) is 5.78. The van der Waals surface area contributed by atoms with Gasteiger partial charge in [0.2, 0.25) is 0 Å². The average molecular weight is 155 g/mol. The van der Waals surface area contributed by atoms with Gasteiger partial charge < -0.3 is 11.5 Å². The maximum absolute atomic E-state index is 5.13. The van der Waals surface area contributed by atoms with Gasteiger partial charge in [-0.15, -0.1) is 17.0 Å². The lowest BCUT2D eigenvalue weighted by Gasteiger charge is -2.07. The highest BCUT2D eigenvalue weighted by molar-refractivity contribution is 8.93. The second kappa shape index (κ2) is 2.55. The van der Waals surface area contributed by atoms with Crippen molar-refractivity contribution in [3.05, 3.63) is 0 Å². The molecule has 0 aliphatic carbocycles. The smallest absolute Gasteiger partial charge is 0.0578 e. The van der Waals surface area contributed by atoms with Gasteiger partial charge >= 0.3 is 0 Å². The fourth-order valence-corrected chi connectivity index (χ4v) is 0. The van der Waals surface area contributed by atoms with Crippen LogP contribution in [0.5, 0.6) is 0 Å². The molecule has 0 saturated heterocycles. The second-order valence-corrected chi connectivity index (χ2v) is 1.82. The minimum Gasteiger partial charge on any atom is -0.314 e. The zero-order chi connectivity index (χ0) is 4.50. The Balaban J connectivity index is 0. The molecule has 0 aromatic carbocycles. The average Bonchev–Trinajstić information content (AvgIpc) is 0.722. The molecular weight excluding hydrogens is 144 g/mol. The van der Waals surface area contributed by atoms with E-state index >= 15 is 0 Å². The van der Waals surface area contributed by atoms with E-state index in [4.69, 9.17) is 11.5 Å².